The summed E-state index contributed by atoms with van der Waals surface area (Å²) in [6, 6.07) is 8.35. The molecule has 1 unspecified atom stereocenters. The van der Waals surface area contributed by atoms with Crippen LogP contribution in [0.2, 0.25) is 0 Å². The van der Waals surface area contributed by atoms with Gasteiger partial charge in [-0.25, -0.2) is 9.97 Å². The van der Waals surface area contributed by atoms with E-state index in [0.717, 1.165) is 62.3 Å². The van der Waals surface area contributed by atoms with Gasteiger partial charge in [-0.05, 0) is 61.1 Å². The van der Waals surface area contributed by atoms with Crippen molar-refractivity contribution in [2.24, 2.45) is 5.92 Å². The maximum Gasteiger partial charge on any atom is 0.227 e. The fraction of sp³-hybridized carbons (Fsp3) is 0.480. The van der Waals surface area contributed by atoms with Crippen molar-refractivity contribution in [3.05, 3.63) is 53.6 Å². The largest absolute Gasteiger partial charge is 0.512 e. The Bertz CT molecular complexity index is 976. The van der Waals surface area contributed by atoms with E-state index in [1.54, 1.807) is 0 Å². The first-order valence-corrected chi connectivity index (χ1v) is 11.7. The van der Waals surface area contributed by atoms with Gasteiger partial charge in [0.25, 0.3) is 0 Å². The van der Waals surface area contributed by atoms with Crippen LogP contribution in [0, 0.1) is 5.92 Å². The molecule has 1 saturated carbocycles. The van der Waals surface area contributed by atoms with Gasteiger partial charge in [-0.15, -0.1) is 0 Å². The molecule has 1 aliphatic heterocycles. The SMILES string of the molecule is O=CCN1CCN(c2ccc(Nc3ncc4c(n3)C(C3CCCC3)C(O)=CC4)cc2)CC1. The fourth-order valence-electron chi connectivity index (χ4n) is 5.32. The second-order valence-corrected chi connectivity index (χ2v) is 9.09. The number of nitrogens with zero attached hydrogens (tertiary/aromatic N) is 4. The van der Waals surface area contributed by atoms with Gasteiger partial charge >= 0.3 is 0 Å². The maximum atomic E-state index is 10.7. The molecule has 0 spiro atoms. The predicted octanol–water partition coefficient (Wildman–Crippen LogP) is 3.81. The third-order valence-electron chi connectivity index (χ3n) is 7.11. The Kier molecular flexibility index (Phi) is 6.08. The lowest BCUT2D eigenvalue weighted by Crippen LogP contribution is -2.46. The number of aldehydes is 1. The minimum Gasteiger partial charge on any atom is -0.512 e. The molecule has 2 N–H and O–H groups in total. The van der Waals surface area contributed by atoms with Gasteiger partial charge < -0.3 is 20.1 Å². The highest BCUT2D eigenvalue weighted by Crippen LogP contribution is 2.43. The Balaban J connectivity index is 1.28. The van der Waals surface area contributed by atoms with E-state index in [-0.39, 0.29) is 5.92 Å². The molecule has 2 aliphatic carbocycles. The monoisotopic (exact) mass is 433 g/mol. The number of carbonyl (C=O) groups is 1. The number of anilines is 3. The standard InChI is InChI=1S/C25H31N5O2/c31-16-15-29-11-13-30(14-12-29)21-8-6-20(7-9-21)27-25-26-17-19-5-10-22(32)23(24(19)28-25)18-3-1-2-4-18/h6-10,16-18,23,32H,1-5,11-15H2,(H,26,27,28). The average Bonchev–Trinajstić information content (AvgIpc) is 3.35. The first kappa shape index (κ1) is 20.9. The third kappa shape index (κ3) is 4.35. The van der Waals surface area contributed by atoms with Crippen LogP contribution in [0.3, 0.4) is 0 Å². The van der Waals surface area contributed by atoms with Crippen molar-refractivity contribution in [2.45, 2.75) is 38.0 Å². The molecule has 0 amide bonds. The summed E-state index contributed by atoms with van der Waals surface area (Å²) < 4.78 is 0. The summed E-state index contributed by atoms with van der Waals surface area (Å²) in [5.74, 6) is 1.53. The fourth-order valence-corrected chi connectivity index (χ4v) is 5.32. The Hall–Kier alpha value is -2.93. The Morgan fingerprint density at radius 1 is 1.09 bits per heavy atom. The normalized spacial score (nSPS) is 21.8. The summed E-state index contributed by atoms with van der Waals surface area (Å²) in [6.07, 6.45) is 10.3. The van der Waals surface area contributed by atoms with Gasteiger partial charge in [0.15, 0.2) is 0 Å². The smallest absolute Gasteiger partial charge is 0.227 e. The number of rotatable bonds is 6. The minimum absolute atomic E-state index is 0.00468. The highest BCUT2D eigenvalue weighted by atomic mass is 16.3. The number of piperazine rings is 1. The summed E-state index contributed by atoms with van der Waals surface area (Å²) in [6.45, 7) is 4.19. The summed E-state index contributed by atoms with van der Waals surface area (Å²) >= 11 is 0. The summed E-state index contributed by atoms with van der Waals surface area (Å²) in [4.78, 5) is 24.6. The summed E-state index contributed by atoms with van der Waals surface area (Å²) in [7, 11) is 0. The highest BCUT2D eigenvalue weighted by Gasteiger charge is 2.34. The molecule has 1 saturated heterocycles. The number of aliphatic hydroxyl groups is 1. The second kappa shape index (κ2) is 9.28. The number of hydrogen-bond acceptors (Lipinski definition) is 7. The minimum atomic E-state index is 0.00468. The molecule has 0 bridgehead atoms. The molecule has 5 rings (SSSR count). The molecular weight excluding hydrogens is 402 g/mol. The van der Waals surface area contributed by atoms with E-state index in [1.807, 2.05) is 12.3 Å². The predicted molar refractivity (Wildman–Crippen MR) is 126 cm³/mol. The van der Waals surface area contributed by atoms with Gasteiger partial charge in [0.05, 0.1) is 23.9 Å². The molecule has 1 atom stereocenters. The Labute approximate surface area is 189 Å². The van der Waals surface area contributed by atoms with Crippen molar-refractivity contribution < 1.29 is 9.90 Å². The molecule has 168 valence electrons. The molecule has 2 aromatic rings. The van der Waals surface area contributed by atoms with Crippen LogP contribution in [0.1, 0.15) is 42.9 Å². The van der Waals surface area contributed by atoms with Crippen LogP contribution in [-0.2, 0) is 11.2 Å². The van der Waals surface area contributed by atoms with E-state index < -0.39 is 0 Å². The number of carbonyl (C=O) groups excluding carboxylic acids is 1. The van der Waals surface area contributed by atoms with Crippen molar-refractivity contribution in [1.29, 1.82) is 0 Å². The van der Waals surface area contributed by atoms with Gasteiger partial charge in [-0.2, -0.15) is 0 Å². The molecule has 1 aromatic carbocycles. The topological polar surface area (TPSA) is 81.6 Å². The summed E-state index contributed by atoms with van der Waals surface area (Å²) in [5.41, 5.74) is 4.24. The molecule has 2 heterocycles. The molecule has 7 nitrogen and oxygen atoms in total. The van der Waals surface area contributed by atoms with Crippen molar-refractivity contribution in [3.63, 3.8) is 0 Å². The second-order valence-electron chi connectivity index (χ2n) is 9.09. The van der Waals surface area contributed by atoms with Crippen LogP contribution in [0.4, 0.5) is 17.3 Å². The van der Waals surface area contributed by atoms with E-state index in [1.165, 1.54) is 18.5 Å². The van der Waals surface area contributed by atoms with Crippen molar-refractivity contribution in [1.82, 2.24) is 14.9 Å². The van der Waals surface area contributed by atoms with Crippen LogP contribution in [0.15, 0.2) is 42.3 Å². The van der Waals surface area contributed by atoms with Crippen molar-refractivity contribution in [2.75, 3.05) is 42.9 Å². The van der Waals surface area contributed by atoms with Crippen LogP contribution in [0.25, 0.3) is 0 Å². The number of benzene rings is 1. The Morgan fingerprint density at radius 3 is 2.56 bits per heavy atom. The first-order chi connectivity index (χ1) is 15.7. The van der Waals surface area contributed by atoms with Crippen LogP contribution in [-0.4, -0.2) is 59.0 Å². The number of fused-ring (bicyclic) bond motifs is 1. The molecule has 0 radical (unpaired) electrons. The molecular formula is C25H31N5O2. The van der Waals surface area contributed by atoms with Gasteiger partial charge in [-0.1, -0.05) is 12.8 Å². The zero-order valence-corrected chi connectivity index (χ0v) is 18.4. The number of aromatic nitrogens is 2. The van der Waals surface area contributed by atoms with Gasteiger partial charge in [0.1, 0.15) is 6.29 Å². The zero-order chi connectivity index (χ0) is 21.9. The molecule has 3 aliphatic rings. The van der Waals surface area contributed by atoms with Gasteiger partial charge in [-0.3, -0.25) is 4.90 Å². The van der Waals surface area contributed by atoms with E-state index in [4.69, 9.17) is 4.98 Å². The molecule has 32 heavy (non-hydrogen) atoms. The maximum absolute atomic E-state index is 10.7. The number of allylic oxidation sites excluding steroid dienone is 2. The van der Waals surface area contributed by atoms with Crippen molar-refractivity contribution in [3.8, 4) is 0 Å². The van der Waals surface area contributed by atoms with Gasteiger partial charge in [0, 0.05) is 43.8 Å². The lowest BCUT2D eigenvalue weighted by molar-refractivity contribution is -0.108. The lowest BCUT2D eigenvalue weighted by atomic mass is 9.81. The van der Waals surface area contributed by atoms with Crippen LogP contribution >= 0.6 is 0 Å². The number of hydrogen-bond donors (Lipinski definition) is 2. The zero-order valence-electron chi connectivity index (χ0n) is 18.4. The van der Waals surface area contributed by atoms with E-state index in [9.17, 15) is 9.90 Å². The Morgan fingerprint density at radius 2 is 1.84 bits per heavy atom. The quantitative estimate of drug-likeness (QED) is 0.671. The third-order valence-corrected chi connectivity index (χ3v) is 7.11. The van der Waals surface area contributed by atoms with E-state index >= 15 is 0 Å². The molecule has 2 fully saturated rings. The number of nitrogens with one attached hydrogen (secondary N) is 1. The molecule has 7 heteroatoms. The van der Waals surface area contributed by atoms with Gasteiger partial charge in [0.2, 0.25) is 5.95 Å². The lowest BCUT2D eigenvalue weighted by Gasteiger charge is -2.35. The highest BCUT2D eigenvalue weighted by molar-refractivity contribution is 5.60. The van der Waals surface area contributed by atoms with Crippen LogP contribution < -0.4 is 10.2 Å². The summed E-state index contributed by atoms with van der Waals surface area (Å²) in [5, 5.41) is 14.0. The molecule has 1 aromatic heterocycles. The average molecular weight is 434 g/mol. The van der Waals surface area contributed by atoms with E-state index in [0.29, 0.717) is 30.6 Å². The first-order valence-electron chi connectivity index (χ1n) is 11.7. The number of aliphatic hydroxyl groups excluding tert-OH is 1. The van der Waals surface area contributed by atoms with E-state index in [2.05, 4.69) is 44.4 Å². The van der Waals surface area contributed by atoms with Crippen molar-refractivity contribution >= 4 is 23.6 Å². The van der Waals surface area contributed by atoms with Crippen LogP contribution in [0.5, 0.6) is 0 Å².